The molecule has 1 aliphatic rings. The summed E-state index contributed by atoms with van der Waals surface area (Å²) in [5.41, 5.74) is 1.06. The van der Waals surface area contributed by atoms with Gasteiger partial charge in [0.2, 0.25) is 11.8 Å². The van der Waals surface area contributed by atoms with E-state index in [1.807, 2.05) is 13.8 Å². The van der Waals surface area contributed by atoms with Crippen molar-refractivity contribution in [3.8, 4) is 0 Å². The van der Waals surface area contributed by atoms with Crippen LogP contribution in [0.15, 0.2) is 11.6 Å². The minimum Gasteiger partial charge on any atom is -0.280 e. The van der Waals surface area contributed by atoms with Crippen LogP contribution in [0.5, 0.6) is 0 Å². The standard InChI is InChI=1S/C19H33NO2/c1-8-9-14(4)10-15(5)12-19(6,7)16-11-17(21)20(13(2)3)18(16)22/h12-14,16H,8-11H2,1-7H3. The number of nitrogens with zero attached hydrogens (tertiary/aromatic N) is 1. The molecule has 0 spiro atoms. The zero-order valence-electron chi connectivity index (χ0n) is 15.4. The molecule has 0 N–H and O–H groups in total. The maximum atomic E-state index is 12.6. The summed E-state index contributed by atoms with van der Waals surface area (Å²) in [5, 5.41) is 0. The lowest BCUT2D eigenvalue weighted by Gasteiger charge is -2.28. The van der Waals surface area contributed by atoms with Gasteiger partial charge in [0, 0.05) is 12.5 Å². The summed E-state index contributed by atoms with van der Waals surface area (Å²) >= 11 is 0. The largest absolute Gasteiger partial charge is 0.280 e. The molecule has 2 atom stereocenters. The Hall–Kier alpha value is -1.12. The molecule has 22 heavy (non-hydrogen) atoms. The van der Waals surface area contributed by atoms with E-state index in [1.165, 1.54) is 23.3 Å². The maximum Gasteiger partial charge on any atom is 0.233 e. The zero-order chi connectivity index (χ0) is 17.1. The van der Waals surface area contributed by atoms with Crippen LogP contribution in [0.1, 0.15) is 74.1 Å². The summed E-state index contributed by atoms with van der Waals surface area (Å²) < 4.78 is 0. The molecule has 3 nitrogen and oxygen atoms in total. The lowest BCUT2D eigenvalue weighted by molar-refractivity contribution is -0.142. The van der Waals surface area contributed by atoms with Gasteiger partial charge < -0.3 is 0 Å². The van der Waals surface area contributed by atoms with Crippen molar-refractivity contribution in [2.24, 2.45) is 17.3 Å². The van der Waals surface area contributed by atoms with E-state index in [0.29, 0.717) is 12.3 Å². The van der Waals surface area contributed by atoms with Gasteiger partial charge in [-0.25, -0.2) is 0 Å². The molecule has 1 fully saturated rings. The van der Waals surface area contributed by atoms with E-state index in [9.17, 15) is 9.59 Å². The molecule has 0 aliphatic carbocycles. The third-order valence-corrected chi connectivity index (χ3v) is 4.67. The first-order valence-electron chi connectivity index (χ1n) is 8.64. The van der Waals surface area contributed by atoms with Crippen LogP contribution in [0, 0.1) is 17.3 Å². The molecule has 1 heterocycles. The highest BCUT2D eigenvalue weighted by Crippen LogP contribution is 2.39. The van der Waals surface area contributed by atoms with Gasteiger partial charge in [-0.15, -0.1) is 0 Å². The van der Waals surface area contributed by atoms with Gasteiger partial charge in [-0.1, -0.05) is 52.2 Å². The van der Waals surface area contributed by atoms with E-state index in [0.717, 1.165) is 6.42 Å². The van der Waals surface area contributed by atoms with Gasteiger partial charge in [-0.05, 0) is 38.5 Å². The van der Waals surface area contributed by atoms with Crippen LogP contribution in [0.25, 0.3) is 0 Å². The fourth-order valence-corrected chi connectivity index (χ4v) is 3.71. The number of imide groups is 1. The molecule has 0 bridgehead atoms. The van der Waals surface area contributed by atoms with Crippen molar-refractivity contribution < 1.29 is 9.59 Å². The molecule has 0 radical (unpaired) electrons. The minimum atomic E-state index is -0.271. The van der Waals surface area contributed by atoms with Crippen LogP contribution >= 0.6 is 0 Å². The Morgan fingerprint density at radius 2 is 1.91 bits per heavy atom. The van der Waals surface area contributed by atoms with Crippen molar-refractivity contribution in [2.45, 2.75) is 80.2 Å². The summed E-state index contributed by atoms with van der Waals surface area (Å²) in [6, 6.07) is -0.0459. The van der Waals surface area contributed by atoms with Crippen molar-refractivity contribution >= 4 is 11.8 Å². The Morgan fingerprint density at radius 3 is 2.36 bits per heavy atom. The second kappa shape index (κ2) is 7.43. The van der Waals surface area contributed by atoms with E-state index in [4.69, 9.17) is 0 Å². The van der Waals surface area contributed by atoms with Crippen LogP contribution in [-0.2, 0) is 9.59 Å². The highest BCUT2D eigenvalue weighted by molar-refractivity contribution is 6.04. The van der Waals surface area contributed by atoms with Crippen LogP contribution in [0.3, 0.4) is 0 Å². The Kier molecular flexibility index (Phi) is 6.39. The summed E-state index contributed by atoms with van der Waals surface area (Å²) in [6.45, 7) is 14.6. The SMILES string of the molecule is CCCC(C)CC(C)=CC(C)(C)C1CC(=O)N(C(C)C)C1=O. The number of likely N-dealkylation sites (tertiary alicyclic amines) is 1. The monoisotopic (exact) mass is 307 g/mol. The average Bonchev–Trinajstić information content (AvgIpc) is 2.64. The molecule has 1 aliphatic heterocycles. The summed E-state index contributed by atoms with van der Waals surface area (Å²) in [5.74, 6) is 0.420. The van der Waals surface area contributed by atoms with Gasteiger partial charge in [-0.2, -0.15) is 0 Å². The van der Waals surface area contributed by atoms with Crippen LogP contribution in [-0.4, -0.2) is 22.8 Å². The van der Waals surface area contributed by atoms with Gasteiger partial charge in [-0.3, -0.25) is 14.5 Å². The van der Waals surface area contributed by atoms with E-state index in [-0.39, 0.29) is 29.2 Å². The lowest BCUT2D eigenvalue weighted by Crippen LogP contribution is -2.38. The first-order chi connectivity index (χ1) is 10.1. The van der Waals surface area contributed by atoms with Crippen molar-refractivity contribution in [3.63, 3.8) is 0 Å². The molecule has 0 aromatic heterocycles. The van der Waals surface area contributed by atoms with E-state index in [2.05, 4.69) is 40.7 Å². The molecule has 0 saturated carbocycles. The van der Waals surface area contributed by atoms with Crippen LogP contribution in [0.2, 0.25) is 0 Å². The highest BCUT2D eigenvalue weighted by Gasteiger charge is 2.46. The lowest BCUT2D eigenvalue weighted by atomic mass is 9.76. The molecule has 1 rings (SSSR count). The van der Waals surface area contributed by atoms with Crippen LogP contribution < -0.4 is 0 Å². The number of hydrogen-bond acceptors (Lipinski definition) is 2. The highest BCUT2D eigenvalue weighted by atomic mass is 16.2. The molecule has 3 heteroatoms. The molecule has 2 amide bonds. The molecular formula is C19H33NO2. The zero-order valence-corrected chi connectivity index (χ0v) is 15.4. The van der Waals surface area contributed by atoms with E-state index in [1.54, 1.807) is 0 Å². The molecule has 0 aromatic carbocycles. The Labute approximate surface area is 136 Å². The van der Waals surface area contributed by atoms with Crippen molar-refractivity contribution in [1.29, 1.82) is 0 Å². The Morgan fingerprint density at radius 1 is 1.32 bits per heavy atom. The van der Waals surface area contributed by atoms with E-state index < -0.39 is 0 Å². The minimum absolute atomic E-state index is 0.00402. The number of carbonyl (C=O) groups excluding carboxylic acids is 2. The van der Waals surface area contributed by atoms with Gasteiger partial charge in [0.25, 0.3) is 0 Å². The molecule has 0 aromatic rings. The quantitative estimate of drug-likeness (QED) is 0.510. The predicted molar refractivity (Wildman–Crippen MR) is 91.3 cm³/mol. The summed E-state index contributed by atoms with van der Waals surface area (Å²) in [4.78, 5) is 26.1. The molecule has 1 saturated heterocycles. The molecule has 126 valence electrons. The fraction of sp³-hybridized carbons (Fsp3) is 0.789. The van der Waals surface area contributed by atoms with Gasteiger partial charge >= 0.3 is 0 Å². The topological polar surface area (TPSA) is 37.4 Å². The third-order valence-electron chi connectivity index (χ3n) is 4.67. The normalized spacial score (nSPS) is 21.9. The van der Waals surface area contributed by atoms with Gasteiger partial charge in [0.1, 0.15) is 0 Å². The van der Waals surface area contributed by atoms with Crippen molar-refractivity contribution in [2.75, 3.05) is 0 Å². The predicted octanol–water partition coefficient (Wildman–Crippen LogP) is 4.57. The second-order valence-electron chi connectivity index (χ2n) is 7.86. The number of allylic oxidation sites excluding steroid dienone is 2. The fourth-order valence-electron chi connectivity index (χ4n) is 3.71. The first-order valence-corrected chi connectivity index (χ1v) is 8.64. The smallest absolute Gasteiger partial charge is 0.233 e. The molecular weight excluding hydrogens is 274 g/mol. The maximum absolute atomic E-state index is 12.6. The second-order valence-corrected chi connectivity index (χ2v) is 7.86. The average molecular weight is 307 g/mol. The van der Waals surface area contributed by atoms with Gasteiger partial charge in [0.05, 0.1) is 5.92 Å². The van der Waals surface area contributed by atoms with Crippen molar-refractivity contribution in [3.05, 3.63) is 11.6 Å². The number of carbonyl (C=O) groups is 2. The number of hydrogen-bond donors (Lipinski definition) is 0. The van der Waals surface area contributed by atoms with E-state index >= 15 is 0 Å². The van der Waals surface area contributed by atoms with Gasteiger partial charge in [0.15, 0.2) is 0 Å². The third kappa shape index (κ3) is 4.44. The van der Waals surface area contributed by atoms with Crippen LogP contribution in [0.4, 0.5) is 0 Å². The number of amides is 2. The Bertz CT molecular complexity index is 448. The number of rotatable bonds is 7. The van der Waals surface area contributed by atoms with Crippen molar-refractivity contribution in [1.82, 2.24) is 4.90 Å². The molecule has 2 unspecified atom stereocenters. The summed E-state index contributed by atoms with van der Waals surface area (Å²) in [7, 11) is 0. The summed E-state index contributed by atoms with van der Waals surface area (Å²) in [6.07, 6.45) is 6.07. The first kappa shape index (κ1) is 18.9. The Balaban J connectivity index is 2.86.